The molecule has 6 heteroatoms. The zero-order chi connectivity index (χ0) is 13.5. The van der Waals surface area contributed by atoms with Gasteiger partial charge in [0, 0.05) is 12.7 Å². The summed E-state index contributed by atoms with van der Waals surface area (Å²) in [5.74, 6) is 0.413. The van der Waals surface area contributed by atoms with Gasteiger partial charge in [0.15, 0.2) is 0 Å². The second-order valence-electron chi connectivity index (χ2n) is 4.90. The summed E-state index contributed by atoms with van der Waals surface area (Å²) in [7, 11) is 0. The highest BCUT2D eigenvalue weighted by Crippen LogP contribution is 2.06. The summed E-state index contributed by atoms with van der Waals surface area (Å²) in [4.78, 5) is 11.9. The Morgan fingerprint density at radius 2 is 2.22 bits per heavy atom. The molecule has 102 valence electrons. The SMILES string of the molecule is CC(C)CNC(=O)C(C)n1cc(CCCN)nn1. The van der Waals surface area contributed by atoms with Crippen molar-refractivity contribution in [2.24, 2.45) is 11.7 Å². The van der Waals surface area contributed by atoms with Crippen LogP contribution in [0.4, 0.5) is 0 Å². The Bertz CT molecular complexity index is 374. The maximum atomic E-state index is 11.9. The van der Waals surface area contributed by atoms with Crippen LogP contribution in [0, 0.1) is 5.92 Å². The van der Waals surface area contributed by atoms with E-state index in [1.54, 1.807) is 4.68 Å². The monoisotopic (exact) mass is 253 g/mol. The fourth-order valence-corrected chi connectivity index (χ4v) is 1.47. The Labute approximate surface area is 108 Å². The van der Waals surface area contributed by atoms with E-state index >= 15 is 0 Å². The third kappa shape index (κ3) is 4.44. The molecule has 0 spiro atoms. The molecule has 1 atom stereocenters. The molecule has 0 fully saturated rings. The number of nitrogens with one attached hydrogen (secondary N) is 1. The predicted octanol–water partition coefficient (Wildman–Crippen LogP) is 0.503. The molecule has 0 bridgehead atoms. The molecule has 1 amide bonds. The van der Waals surface area contributed by atoms with E-state index < -0.39 is 0 Å². The van der Waals surface area contributed by atoms with Gasteiger partial charge < -0.3 is 11.1 Å². The van der Waals surface area contributed by atoms with Crippen molar-refractivity contribution >= 4 is 5.91 Å². The summed E-state index contributed by atoms with van der Waals surface area (Å²) in [5, 5.41) is 10.9. The summed E-state index contributed by atoms with van der Waals surface area (Å²) >= 11 is 0. The van der Waals surface area contributed by atoms with Gasteiger partial charge in [0.05, 0.1) is 5.69 Å². The first-order valence-corrected chi connectivity index (χ1v) is 6.43. The largest absolute Gasteiger partial charge is 0.354 e. The number of amides is 1. The van der Waals surface area contributed by atoms with Crippen LogP contribution in [0.2, 0.25) is 0 Å². The maximum Gasteiger partial charge on any atom is 0.244 e. The third-order valence-electron chi connectivity index (χ3n) is 2.66. The molecule has 1 aromatic heterocycles. The normalized spacial score (nSPS) is 12.7. The summed E-state index contributed by atoms with van der Waals surface area (Å²) in [6.07, 6.45) is 3.50. The van der Waals surface area contributed by atoms with E-state index in [1.807, 2.05) is 13.1 Å². The van der Waals surface area contributed by atoms with Crippen molar-refractivity contribution in [1.29, 1.82) is 0 Å². The zero-order valence-corrected chi connectivity index (χ0v) is 11.4. The Morgan fingerprint density at radius 3 is 2.83 bits per heavy atom. The quantitative estimate of drug-likeness (QED) is 0.741. The molecule has 0 aliphatic rings. The molecule has 18 heavy (non-hydrogen) atoms. The lowest BCUT2D eigenvalue weighted by Crippen LogP contribution is -2.33. The summed E-state index contributed by atoms with van der Waals surface area (Å²) in [6, 6.07) is -0.331. The van der Waals surface area contributed by atoms with E-state index in [0.29, 0.717) is 19.0 Å². The fourth-order valence-electron chi connectivity index (χ4n) is 1.47. The van der Waals surface area contributed by atoms with Gasteiger partial charge in [-0.05, 0) is 32.2 Å². The number of aryl methyl sites for hydroxylation is 1. The van der Waals surface area contributed by atoms with Gasteiger partial charge in [-0.2, -0.15) is 0 Å². The van der Waals surface area contributed by atoms with Crippen LogP contribution in [0.1, 0.15) is 38.9 Å². The van der Waals surface area contributed by atoms with Gasteiger partial charge in [0.2, 0.25) is 5.91 Å². The van der Waals surface area contributed by atoms with Gasteiger partial charge in [-0.25, -0.2) is 4.68 Å². The number of hydrogen-bond donors (Lipinski definition) is 2. The van der Waals surface area contributed by atoms with Gasteiger partial charge in [0.25, 0.3) is 0 Å². The van der Waals surface area contributed by atoms with Crippen LogP contribution in [0.15, 0.2) is 6.20 Å². The molecule has 0 aliphatic carbocycles. The van der Waals surface area contributed by atoms with Gasteiger partial charge >= 0.3 is 0 Å². The van der Waals surface area contributed by atoms with Crippen LogP contribution in [0.5, 0.6) is 0 Å². The van der Waals surface area contributed by atoms with Crippen LogP contribution < -0.4 is 11.1 Å². The molecule has 3 N–H and O–H groups in total. The smallest absolute Gasteiger partial charge is 0.244 e. The first-order chi connectivity index (χ1) is 8.54. The van der Waals surface area contributed by atoms with E-state index in [9.17, 15) is 4.79 Å². The van der Waals surface area contributed by atoms with Gasteiger partial charge in [-0.1, -0.05) is 19.1 Å². The van der Waals surface area contributed by atoms with E-state index in [0.717, 1.165) is 18.5 Å². The third-order valence-corrected chi connectivity index (χ3v) is 2.66. The minimum Gasteiger partial charge on any atom is -0.354 e. The van der Waals surface area contributed by atoms with Crippen LogP contribution in [-0.2, 0) is 11.2 Å². The molecule has 1 rings (SSSR count). The summed E-state index contributed by atoms with van der Waals surface area (Å²) in [6.45, 7) is 7.25. The number of carbonyl (C=O) groups excluding carboxylic acids is 1. The highest BCUT2D eigenvalue weighted by Gasteiger charge is 2.16. The first-order valence-electron chi connectivity index (χ1n) is 6.43. The van der Waals surface area contributed by atoms with E-state index in [1.165, 1.54) is 0 Å². The van der Waals surface area contributed by atoms with Crippen LogP contribution in [-0.4, -0.2) is 34.0 Å². The Morgan fingerprint density at radius 1 is 1.50 bits per heavy atom. The Balaban J connectivity index is 2.52. The van der Waals surface area contributed by atoms with Gasteiger partial charge in [0.1, 0.15) is 6.04 Å². The summed E-state index contributed by atoms with van der Waals surface area (Å²) in [5.41, 5.74) is 6.32. The van der Waals surface area contributed by atoms with E-state index in [-0.39, 0.29) is 11.9 Å². The van der Waals surface area contributed by atoms with Gasteiger partial charge in [-0.3, -0.25) is 4.79 Å². The van der Waals surface area contributed by atoms with Gasteiger partial charge in [-0.15, -0.1) is 5.10 Å². The number of aromatic nitrogens is 3. The van der Waals surface area contributed by atoms with Crippen molar-refractivity contribution in [3.63, 3.8) is 0 Å². The molecule has 6 nitrogen and oxygen atoms in total. The second-order valence-corrected chi connectivity index (χ2v) is 4.90. The summed E-state index contributed by atoms with van der Waals surface area (Å²) < 4.78 is 1.60. The highest BCUT2D eigenvalue weighted by atomic mass is 16.2. The van der Waals surface area contributed by atoms with Crippen LogP contribution in [0.3, 0.4) is 0 Å². The molecule has 1 aromatic rings. The molecule has 1 heterocycles. The Kier molecular flexibility index (Phi) is 5.77. The predicted molar refractivity (Wildman–Crippen MR) is 70.0 cm³/mol. The molecular weight excluding hydrogens is 230 g/mol. The lowest BCUT2D eigenvalue weighted by atomic mass is 10.2. The molecule has 0 aromatic carbocycles. The molecule has 0 radical (unpaired) electrons. The second kappa shape index (κ2) is 7.10. The van der Waals surface area contributed by atoms with Crippen molar-refractivity contribution in [2.45, 2.75) is 39.7 Å². The minimum atomic E-state index is -0.331. The van der Waals surface area contributed by atoms with Crippen molar-refractivity contribution in [3.8, 4) is 0 Å². The average molecular weight is 253 g/mol. The van der Waals surface area contributed by atoms with E-state index in [4.69, 9.17) is 5.73 Å². The number of carbonyl (C=O) groups is 1. The topological polar surface area (TPSA) is 85.8 Å². The molecule has 1 unspecified atom stereocenters. The number of nitrogens with two attached hydrogens (primary N) is 1. The standard InChI is InChI=1S/C12H23N5O/c1-9(2)7-14-12(18)10(3)17-8-11(15-16-17)5-4-6-13/h8-10H,4-7,13H2,1-3H3,(H,14,18). The van der Waals surface area contributed by atoms with Crippen molar-refractivity contribution in [1.82, 2.24) is 20.3 Å². The zero-order valence-electron chi connectivity index (χ0n) is 11.4. The lowest BCUT2D eigenvalue weighted by molar-refractivity contribution is -0.124. The van der Waals surface area contributed by atoms with Crippen LogP contribution >= 0.6 is 0 Å². The molecule has 0 saturated heterocycles. The highest BCUT2D eigenvalue weighted by molar-refractivity contribution is 5.79. The van der Waals surface area contributed by atoms with Crippen molar-refractivity contribution in [2.75, 3.05) is 13.1 Å². The van der Waals surface area contributed by atoms with Crippen molar-refractivity contribution in [3.05, 3.63) is 11.9 Å². The Hall–Kier alpha value is -1.43. The minimum absolute atomic E-state index is 0.0287. The molecule has 0 saturated carbocycles. The fraction of sp³-hybridized carbons (Fsp3) is 0.750. The number of nitrogens with zero attached hydrogens (tertiary/aromatic N) is 3. The molecular formula is C12H23N5O. The number of hydrogen-bond acceptors (Lipinski definition) is 4. The molecule has 0 aliphatic heterocycles. The maximum absolute atomic E-state index is 11.9. The first kappa shape index (κ1) is 14.6. The lowest BCUT2D eigenvalue weighted by Gasteiger charge is -2.13. The van der Waals surface area contributed by atoms with E-state index in [2.05, 4.69) is 29.5 Å². The number of rotatable bonds is 7. The van der Waals surface area contributed by atoms with Crippen LogP contribution in [0.25, 0.3) is 0 Å². The average Bonchev–Trinajstić information content (AvgIpc) is 2.81. The van der Waals surface area contributed by atoms with Crippen molar-refractivity contribution < 1.29 is 4.79 Å².